The summed E-state index contributed by atoms with van der Waals surface area (Å²) in [7, 11) is -3.17. The summed E-state index contributed by atoms with van der Waals surface area (Å²) in [4.78, 5) is 2.83. The zero-order chi connectivity index (χ0) is 16.2. The first-order valence-corrected chi connectivity index (χ1v) is 9.77. The van der Waals surface area contributed by atoms with Gasteiger partial charge in [-0.25, -0.2) is 8.42 Å². The van der Waals surface area contributed by atoms with E-state index in [2.05, 4.69) is 18.7 Å². The van der Waals surface area contributed by atoms with E-state index in [0.717, 1.165) is 32.5 Å². The van der Waals surface area contributed by atoms with E-state index >= 15 is 0 Å². The quantitative estimate of drug-likeness (QED) is 0.807. The number of hydrogen-bond donors (Lipinski definition) is 0. The zero-order valence-electron chi connectivity index (χ0n) is 13.8. The Labute approximate surface area is 134 Å². The van der Waals surface area contributed by atoms with Crippen molar-refractivity contribution in [2.24, 2.45) is 5.92 Å². The molecule has 1 aliphatic heterocycles. The number of ether oxygens (including phenoxy) is 1. The summed E-state index contributed by atoms with van der Waals surface area (Å²) in [5, 5.41) is 0. The third kappa shape index (κ3) is 4.71. The lowest BCUT2D eigenvalue weighted by atomic mass is 10.1. The monoisotopic (exact) mass is 325 g/mol. The lowest BCUT2D eigenvalue weighted by Crippen LogP contribution is -2.39. The highest BCUT2D eigenvalue weighted by Crippen LogP contribution is 2.23. The van der Waals surface area contributed by atoms with E-state index in [1.54, 1.807) is 25.1 Å². The highest BCUT2D eigenvalue weighted by atomic mass is 32.2. The van der Waals surface area contributed by atoms with Crippen LogP contribution in [0.4, 0.5) is 0 Å². The number of hydrogen-bond acceptors (Lipinski definition) is 4. The molecule has 1 saturated heterocycles. The van der Waals surface area contributed by atoms with Crippen LogP contribution in [0.25, 0.3) is 0 Å². The van der Waals surface area contributed by atoms with Crippen molar-refractivity contribution >= 4 is 9.84 Å². The van der Waals surface area contributed by atoms with Gasteiger partial charge in [-0.3, -0.25) is 0 Å². The van der Waals surface area contributed by atoms with Crippen molar-refractivity contribution < 1.29 is 13.2 Å². The molecule has 0 unspecified atom stereocenters. The number of sulfone groups is 1. The molecule has 0 bridgehead atoms. The van der Waals surface area contributed by atoms with Crippen molar-refractivity contribution in [2.45, 2.75) is 44.6 Å². The van der Waals surface area contributed by atoms with Crippen molar-refractivity contribution in [2.75, 3.05) is 25.4 Å². The molecule has 0 N–H and O–H groups in total. The first kappa shape index (κ1) is 17.3. The molecule has 0 radical (unpaired) electrons. The highest BCUT2D eigenvalue weighted by molar-refractivity contribution is 7.91. The van der Waals surface area contributed by atoms with E-state index in [4.69, 9.17) is 4.74 Å². The van der Waals surface area contributed by atoms with Crippen molar-refractivity contribution in [3.63, 3.8) is 0 Å². The Morgan fingerprint density at radius 3 is 2.55 bits per heavy atom. The second kappa shape index (κ2) is 7.47. The van der Waals surface area contributed by atoms with E-state index in [9.17, 15) is 8.42 Å². The predicted octanol–water partition coefficient (Wildman–Crippen LogP) is 2.98. The molecular weight excluding hydrogens is 298 g/mol. The van der Waals surface area contributed by atoms with Crippen molar-refractivity contribution in [1.82, 2.24) is 4.90 Å². The average molecular weight is 325 g/mol. The number of likely N-dealkylation sites (tertiary alicyclic amines) is 1. The molecule has 124 valence electrons. The second-order valence-corrected chi connectivity index (χ2v) is 8.67. The zero-order valence-corrected chi connectivity index (χ0v) is 14.6. The van der Waals surface area contributed by atoms with E-state index in [1.165, 1.54) is 0 Å². The summed E-state index contributed by atoms with van der Waals surface area (Å²) >= 11 is 0. The molecule has 0 saturated carbocycles. The minimum Gasteiger partial charge on any atom is -0.490 e. The lowest BCUT2D eigenvalue weighted by molar-refractivity contribution is 0.0939. The lowest BCUT2D eigenvalue weighted by Gasteiger charge is -2.33. The van der Waals surface area contributed by atoms with Crippen molar-refractivity contribution in [3.05, 3.63) is 24.3 Å². The van der Waals surface area contributed by atoms with E-state index in [-0.39, 0.29) is 11.9 Å². The minimum atomic E-state index is -3.17. The molecule has 1 aromatic carbocycles. The number of nitrogens with zero attached hydrogens (tertiary/aromatic N) is 1. The van der Waals surface area contributed by atoms with Crippen LogP contribution in [0.15, 0.2) is 29.2 Å². The molecule has 22 heavy (non-hydrogen) atoms. The standard InChI is InChI=1S/C17H27NO3S/c1-4-22(19,20)17-7-5-6-16(12-17)21-15-8-10-18(11-9-15)13-14(2)3/h5-7,12,14-15H,4,8-11,13H2,1-3H3. The Balaban J connectivity index is 1.94. The Kier molecular flexibility index (Phi) is 5.87. The van der Waals surface area contributed by atoms with Gasteiger partial charge in [-0.05, 0) is 37.0 Å². The maximum Gasteiger partial charge on any atom is 0.178 e. The van der Waals surface area contributed by atoms with E-state index in [0.29, 0.717) is 16.6 Å². The Bertz CT molecular complexity index is 575. The average Bonchev–Trinajstić information content (AvgIpc) is 2.49. The largest absolute Gasteiger partial charge is 0.490 e. The third-order valence-electron chi connectivity index (χ3n) is 4.01. The van der Waals surface area contributed by atoms with Gasteiger partial charge >= 0.3 is 0 Å². The molecule has 0 amide bonds. The maximum absolute atomic E-state index is 11.9. The fraction of sp³-hybridized carbons (Fsp3) is 0.647. The Hall–Kier alpha value is -1.07. The molecule has 5 heteroatoms. The molecule has 0 aliphatic carbocycles. The fourth-order valence-electron chi connectivity index (χ4n) is 2.83. The van der Waals surface area contributed by atoms with Crippen LogP contribution < -0.4 is 4.74 Å². The number of piperidine rings is 1. The van der Waals surface area contributed by atoms with Crippen LogP contribution >= 0.6 is 0 Å². The summed E-state index contributed by atoms with van der Waals surface area (Å²) in [5.41, 5.74) is 0. The third-order valence-corrected chi connectivity index (χ3v) is 5.74. The van der Waals surface area contributed by atoms with Crippen molar-refractivity contribution in [3.8, 4) is 5.75 Å². The molecule has 2 rings (SSSR count). The van der Waals surface area contributed by atoms with Gasteiger partial charge in [0, 0.05) is 19.6 Å². The van der Waals surface area contributed by atoms with Gasteiger partial charge in [0.25, 0.3) is 0 Å². The van der Waals surface area contributed by atoms with Crippen molar-refractivity contribution in [1.29, 1.82) is 0 Å². The topological polar surface area (TPSA) is 46.6 Å². The Morgan fingerprint density at radius 2 is 1.95 bits per heavy atom. The van der Waals surface area contributed by atoms with Crippen LogP contribution in [0.2, 0.25) is 0 Å². The first-order chi connectivity index (χ1) is 10.4. The van der Waals surface area contributed by atoms with Crippen LogP contribution in [0.3, 0.4) is 0 Å². The summed E-state index contributed by atoms with van der Waals surface area (Å²) < 4.78 is 29.9. The number of rotatable bonds is 6. The molecular formula is C17H27NO3S. The van der Waals surface area contributed by atoms with Gasteiger partial charge in [0.05, 0.1) is 10.6 Å². The molecule has 0 aromatic heterocycles. The molecule has 4 nitrogen and oxygen atoms in total. The molecule has 1 aromatic rings. The van der Waals surface area contributed by atoms with Gasteiger partial charge in [-0.15, -0.1) is 0 Å². The van der Waals surface area contributed by atoms with E-state index < -0.39 is 9.84 Å². The normalized spacial score (nSPS) is 17.8. The maximum atomic E-state index is 11.9. The smallest absolute Gasteiger partial charge is 0.178 e. The van der Waals surface area contributed by atoms with Gasteiger partial charge in [0.15, 0.2) is 9.84 Å². The summed E-state index contributed by atoms with van der Waals surface area (Å²) in [6.07, 6.45) is 2.18. The van der Waals surface area contributed by atoms with Crippen LogP contribution in [0.5, 0.6) is 5.75 Å². The number of benzene rings is 1. The fourth-order valence-corrected chi connectivity index (χ4v) is 3.74. The van der Waals surface area contributed by atoms with Crippen LogP contribution in [0, 0.1) is 5.92 Å². The summed E-state index contributed by atoms with van der Waals surface area (Å²) in [6, 6.07) is 6.89. The van der Waals surface area contributed by atoms with Gasteiger partial charge in [0.2, 0.25) is 0 Å². The minimum absolute atomic E-state index is 0.115. The van der Waals surface area contributed by atoms with Gasteiger partial charge in [-0.2, -0.15) is 0 Å². The molecule has 0 atom stereocenters. The van der Waals surface area contributed by atoms with Crippen LogP contribution in [0.1, 0.15) is 33.6 Å². The van der Waals surface area contributed by atoms with E-state index in [1.807, 2.05) is 6.07 Å². The molecule has 1 heterocycles. The summed E-state index contributed by atoms with van der Waals surface area (Å²) in [5.74, 6) is 1.47. The predicted molar refractivity (Wildman–Crippen MR) is 89.1 cm³/mol. The molecule has 0 spiro atoms. The van der Waals surface area contributed by atoms with Gasteiger partial charge in [0.1, 0.15) is 11.9 Å². The SMILES string of the molecule is CCS(=O)(=O)c1cccc(OC2CCN(CC(C)C)CC2)c1. The van der Waals surface area contributed by atoms with Gasteiger partial charge in [-0.1, -0.05) is 26.8 Å². The van der Waals surface area contributed by atoms with Crippen LogP contribution in [-0.2, 0) is 9.84 Å². The molecule has 1 fully saturated rings. The highest BCUT2D eigenvalue weighted by Gasteiger charge is 2.21. The first-order valence-electron chi connectivity index (χ1n) is 8.12. The van der Waals surface area contributed by atoms with Gasteiger partial charge < -0.3 is 9.64 Å². The summed E-state index contributed by atoms with van der Waals surface area (Å²) in [6.45, 7) is 9.38. The molecule has 1 aliphatic rings. The Morgan fingerprint density at radius 1 is 1.27 bits per heavy atom. The second-order valence-electron chi connectivity index (χ2n) is 6.39. The van der Waals surface area contributed by atoms with Crippen LogP contribution in [-0.4, -0.2) is 44.8 Å².